The molecule has 1 heterocycles. The number of nitrogens with two attached hydrogens (primary N) is 1. The number of nitrogens with zero attached hydrogens (tertiary/aromatic N) is 1. The first kappa shape index (κ1) is 10.5. The van der Waals surface area contributed by atoms with E-state index in [9.17, 15) is 0 Å². The second-order valence-corrected chi connectivity index (χ2v) is 4.18. The summed E-state index contributed by atoms with van der Waals surface area (Å²) in [7, 11) is 0. The van der Waals surface area contributed by atoms with Crippen LogP contribution in [0.5, 0.6) is 0 Å². The van der Waals surface area contributed by atoms with Gasteiger partial charge < -0.3 is 5.73 Å². The molecule has 0 saturated heterocycles. The predicted molar refractivity (Wildman–Crippen MR) is 57.9 cm³/mol. The van der Waals surface area contributed by atoms with Crippen molar-refractivity contribution in [3.63, 3.8) is 0 Å². The lowest BCUT2D eigenvalue weighted by Crippen LogP contribution is -2.04. The van der Waals surface area contributed by atoms with Crippen LogP contribution in [0.2, 0.25) is 0 Å². The molecule has 1 aromatic heterocycles. The summed E-state index contributed by atoms with van der Waals surface area (Å²) in [6.07, 6.45) is 3.05. The first-order chi connectivity index (χ1) is 6.24. The number of rotatable bonds is 4. The Morgan fingerprint density at radius 3 is 2.77 bits per heavy atom. The van der Waals surface area contributed by atoms with Crippen LogP contribution in [0.25, 0.3) is 0 Å². The van der Waals surface area contributed by atoms with Crippen molar-refractivity contribution in [2.45, 2.75) is 31.3 Å². The molecule has 0 aliphatic rings. The molecule has 0 aliphatic carbocycles. The highest BCUT2D eigenvalue weighted by molar-refractivity contribution is 7.99. The first-order valence-electron chi connectivity index (χ1n) is 4.58. The minimum Gasteiger partial charge on any atom is -0.324 e. The van der Waals surface area contributed by atoms with E-state index in [1.807, 2.05) is 19.2 Å². The Kier molecular flexibility index (Phi) is 4.25. The summed E-state index contributed by atoms with van der Waals surface area (Å²) in [5, 5.41) is 1.09. The quantitative estimate of drug-likeness (QED) is 0.752. The number of hydrogen-bond donors (Lipinski definition) is 1. The van der Waals surface area contributed by atoms with Crippen LogP contribution < -0.4 is 5.73 Å². The molecule has 0 amide bonds. The van der Waals surface area contributed by atoms with E-state index in [1.165, 1.54) is 6.42 Å². The molecule has 0 aliphatic heterocycles. The van der Waals surface area contributed by atoms with Crippen molar-refractivity contribution in [1.82, 2.24) is 4.98 Å². The molecule has 0 unspecified atom stereocenters. The number of thioether (sulfide) groups is 1. The van der Waals surface area contributed by atoms with Gasteiger partial charge in [-0.1, -0.05) is 13.0 Å². The molecule has 2 nitrogen and oxygen atoms in total. The Balaban J connectivity index is 2.59. The monoisotopic (exact) mass is 196 g/mol. The van der Waals surface area contributed by atoms with Crippen molar-refractivity contribution in [3.8, 4) is 0 Å². The van der Waals surface area contributed by atoms with Crippen molar-refractivity contribution < 1.29 is 0 Å². The van der Waals surface area contributed by atoms with Crippen LogP contribution >= 0.6 is 11.8 Å². The fourth-order valence-corrected chi connectivity index (χ4v) is 1.66. The van der Waals surface area contributed by atoms with Gasteiger partial charge in [-0.05, 0) is 30.7 Å². The van der Waals surface area contributed by atoms with Gasteiger partial charge in [-0.3, -0.25) is 0 Å². The molecule has 72 valence electrons. The van der Waals surface area contributed by atoms with Gasteiger partial charge in [0.05, 0.1) is 5.03 Å². The van der Waals surface area contributed by atoms with Gasteiger partial charge in [0.25, 0.3) is 0 Å². The van der Waals surface area contributed by atoms with Crippen LogP contribution in [0.4, 0.5) is 0 Å². The molecular weight excluding hydrogens is 180 g/mol. The van der Waals surface area contributed by atoms with Gasteiger partial charge in [-0.2, -0.15) is 0 Å². The molecule has 1 rings (SSSR count). The highest BCUT2D eigenvalue weighted by atomic mass is 32.2. The maximum atomic E-state index is 5.72. The molecule has 0 spiro atoms. The number of aromatic nitrogens is 1. The van der Waals surface area contributed by atoms with Gasteiger partial charge >= 0.3 is 0 Å². The molecule has 0 fully saturated rings. The van der Waals surface area contributed by atoms with E-state index in [1.54, 1.807) is 11.8 Å². The van der Waals surface area contributed by atoms with Gasteiger partial charge in [0.2, 0.25) is 0 Å². The standard InChI is InChI=1S/C10H16N2S/c1-3-6-13-10-5-4-9(7-12-10)8(2)11/h4-5,7-8H,3,6,11H2,1-2H3/t8-/m0/s1. The Labute approximate surface area is 83.9 Å². The summed E-state index contributed by atoms with van der Waals surface area (Å²) in [5.74, 6) is 1.13. The second-order valence-electron chi connectivity index (χ2n) is 3.07. The van der Waals surface area contributed by atoms with E-state index >= 15 is 0 Å². The number of pyridine rings is 1. The lowest BCUT2D eigenvalue weighted by molar-refractivity contribution is 0.806. The average molecular weight is 196 g/mol. The minimum absolute atomic E-state index is 0.0812. The lowest BCUT2D eigenvalue weighted by atomic mass is 10.2. The highest BCUT2D eigenvalue weighted by Gasteiger charge is 1.99. The van der Waals surface area contributed by atoms with E-state index in [0.29, 0.717) is 0 Å². The van der Waals surface area contributed by atoms with Crippen molar-refractivity contribution >= 4 is 11.8 Å². The summed E-state index contributed by atoms with van der Waals surface area (Å²) in [5.41, 5.74) is 6.82. The zero-order chi connectivity index (χ0) is 9.68. The van der Waals surface area contributed by atoms with Gasteiger partial charge in [0, 0.05) is 12.2 Å². The zero-order valence-corrected chi connectivity index (χ0v) is 8.97. The molecule has 1 atom stereocenters. The summed E-state index contributed by atoms with van der Waals surface area (Å²) >= 11 is 1.79. The zero-order valence-electron chi connectivity index (χ0n) is 8.16. The minimum atomic E-state index is 0.0812. The lowest BCUT2D eigenvalue weighted by Gasteiger charge is -2.05. The summed E-state index contributed by atoms with van der Waals surface area (Å²) in [6.45, 7) is 4.14. The number of hydrogen-bond acceptors (Lipinski definition) is 3. The normalized spacial score (nSPS) is 12.8. The Morgan fingerprint density at radius 2 is 2.31 bits per heavy atom. The van der Waals surface area contributed by atoms with Crippen LogP contribution in [-0.2, 0) is 0 Å². The summed E-state index contributed by atoms with van der Waals surface area (Å²) < 4.78 is 0. The van der Waals surface area contributed by atoms with Gasteiger partial charge in [0.1, 0.15) is 0 Å². The molecule has 0 radical (unpaired) electrons. The van der Waals surface area contributed by atoms with Crippen LogP contribution in [0, 0.1) is 0 Å². The van der Waals surface area contributed by atoms with Gasteiger partial charge in [-0.25, -0.2) is 4.98 Å². The third kappa shape index (κ3) is 3.36. The van der Waals surface area contributed by atoms with E-state index in [2.05, 4.69) is 18.0 Å². The topological polar surface area (TPSA) is 38.9 Å². The van der Waals surface area contributed by atoms with Crippen molar-refractivity contribution in [2.24, 2.45) is 5.73 Å². The highest BCUT2D eigenvalue weighted by Crippen LogP contribution is 2.17. The fourth-order valence-electron chi connectivity index (χ4n) is 0.953. The third-order valence-corrected chi connectivity index (χ3v) is 2.89. The smallest absolute Gasteiger partial charge is 0.0960 e. The van der Waals surface area contributed by atoms with Crippen molar-refractivity contribution in [3.05, 3.63) is 23.9 Å². The third-order valence-electron chi connectivity index (χ3n) is 1.74. The van der Waals surface area contributed by atoms with Crippen LogP contribution in [0.1, 0.15) is 31.9 Å². The van der Waals surface area contributed by atoms with E-state index in [4.69, 9.17) is 5.73 Å². The summed E-state index contributed by atoms with van der Waals surface area (Å²) in [4.78, 5) is 4.32. The Hall–Kier alpha value is -0.540. The maximum Gasteiger partial charge on any atom is 0.0960 e. The molecule has 0 aromatic carbocycles. The molecule has 0 bridgehead atoms. The van der Waals surface area contributed by atoms with E-state index in [0.717, 1.165) is 16.3 Å². The predicted octanol–water partition coefficient (Wildman–Crippen LogP) is 2.60. The first-order valence-corrected chi connectivity index (χ1v) is 5.57. The average Bonchev–Trinajstić information content (AvgIpc) is 2.15. The molecular formula is C10H16N2S. The molecule has 2 N–H and O–H groups in total. The van der Waals surface area contributed by atoms with Crippen molar-refractivity contribution in [1.29, 1.82) is 0 Å². The summed E-state index contributed by atoms with van der Waals surface area (Å²) in [6, 6.07) is 4.17. The van der Waals surface area contributed by atoms with Gasteiger partial charge in [0.15, 0.2) is 0 Å². The molecule has 0 saturated carbocycles. The largest absolute Gasteiger partial charge is 0.324 e. The fraction of sp³-hybridized carbons (Fsp3) is 0.500. The molecule has 1 aromatic rings. The van der Waals surface area contributed by atoms with Crippen molar-refractivity contribution in [2.75, 3.05) is 5.75 Å². The van der Waals surface area contributed by atoms with Gasteiger partial charge in [-0.15, -0.1) is 11.8 Å². The van der Waals surface area contributed by atoms with Crippen LogP contribution in [-0.4, -0.2) is 10.7 Å². The molecule has 3 heteroatoms. The van der Waals surface area contributed by atoms with E-state index < -0.39 is 0 Å². The Morgan fingerprint density at radius 1 is 1.54 bits per heavy atom. The SMILES string of the molecule is CCCSc1ccc([C@H](C)N)cn1. The van der Waals surface area contributed by atoms with Crippen LogP contribution in [0.3, 0.4) is 0 Å². The van der Waals surface area contributed by atoms with E-state index in [-0.39, 0.29) is 6.04 Å². The maximum absolute atomic E-state index is 5.72. The molecule has 13 heavy (non-hydrogen) atoms. The Bertz CT molecular complexity index is 244. The second kappa shape index (κ2) is 5.25. The van der Waals surface area contributed by atoms with Crippen LogP contribution in [0.15, 0.2) is 23.4 Å².